The highest BCUT2D eigenvalue weighted by atomic mass is 32.2. The van der Waals surface area contributed by atoms with Crippen LogP contribution in [0.25, 0.3) is 0 Å². The molecule has 2 atom stereocenters. The predicted octanol–water partition coefficient (Wildman–Crippen LogP) is 1.45. The zero-order valence-corrected chi connectivity index (χ0v) is 11.9. The van der Waals surface area contributed by atoms with Gasteiger partial charge in [-0.3, -0.25) is 4.79 Å². The van der Waals surface area contributed by atoms with Gasteiger partial charge in [-0.1, -0.05) is 0 Å². The predicted molar refractivity (Wildman–Crippen MR) is 73.8 cm³/mol. The van der Waals surface area contributed by atoms with Crippen molar-refractivity contribution in [3.63, 3.8) is 0 Å². The molecule has 7 heteroatoms. The van der Waals surface area contributed by atoms with E-state index in [4.69, 9.17) is 4.74 Å². The molecule has 20 heavy (non-hydrogen) atoms. The van der Waals surface area contributed by atoms with Crippen LogP contribution in [0.3, 0.4) is 0 Å². The number of phenols is 1. The Labute approximate surface area is 120 Å². The first-order valence-corrected chi connectivity index (χ1v) is 7.00. The van der Waals surface area contributed by atoms with Gasteiger partial charge in [0.05, 0.1) is 7.11 Å². The van der Waals surface area contributed by atoms with Crippen molar-refractivity contribution in [1.29, 1.82) is 0 Å². The number of aliphatic carboxylic acids is 1. The van der Waals surface area contributed by atoms with Gasteiger partial charge in [0.1, 0.15) is 22.9 Å². The minimum atomic E-state index is -1.04. The number of nitrogens with zero attached hydrogens (tertiary/aromatic N) is 1. The molecule has 1 heterocycles. The number of carboxylic acid groups (broad SMARTS) is 1. The molecule has 1 fully saturated rings. The molecule has 6 nitrogen and oxygen atoms in total. The first kappa shape index (κ1) is 14.5. The molecule has 0 bridgehead atoms. The number of benzene rings is 1. The summed E-state index contributed by atoms with van der Waals surface area (Å²) in [5.41, 5.74) is 0.480. The Morgan fingerprint density at radius 2 is 2.15 bits per heavy atom. The van der Waals surface area contributed by atoms with E-state index in [-0.39, 0.29) is 17.4 Å². The lowest BCUT2D eigenvalue weighted by Gasteiger charge is -2.26. The van der Waals surface area contributed by atoms with E-state index in [1.807, 2.05) is 0 Å². The van der Waals surface area contributed by atoms with E-state index in [2.05, 4.69) is 0 Å². The number of methoxy groups -OCH3 is 1. The maximum absolute atomic E-state index is 11.7. The van der Waals surface area contributed by atoms with E-state index in [0.717, 1.165) is 0 Å². The molecule has 2 unspecified atom stereocenters. The van der Waals surface area contributed by atoms with Crippen molar-refractivity contribution in [2.24, 2.45) is 0 Å². The standard InChI is InChI=1S/C13H15NO5S/c1-7(15)14-10(13(17)18)6-20-12(14)9-5-8(19-2)3-4-11(9)16/h3-5,10,12,16H,6H2,1-2H3,(H,17,18). The van der Waals surface area contributed by atoms with Crippen molar-refractivity contribution in [2.45, 2.75) is 18.3 Å². The molecule has 1 aliphatic heterocycles. The Bertz CT molecular complexity index is 548. The summed E-state index contributed by atoms with van der Waals surface area (Å²) in [5.74, 6) is -0.538. The van der Waals surface area contributed by atoms with Crippen molar-refractivity contribution >= 4 is 23.6 Å². The molecule has 2 rings (SSSR count). The highest BCUT2D eigenvalue weighted by Crippen LogP contribution is 2.45. The molecule has 2 N–H and O–H groups in total. The summed E-state index contributed by atoms with van der Waals surface area (Å²) >= 11 is 1.31. The minimum Gasteiger partial charge on any atom is -0.508 e. The quantitative estimate of drug-likeness (QED) is 0.878. The number of amides is 1. The van der Waals surface area contributed by atoms with Gasteiger partial charge < -0.3 is 19.8 Å². The lowest BCUT2D eigenvalue weighted by molar-refractivity contribution is -0.148. The fourth-order valence-electron chi connectivity index (χ4n) is 2.18. The average molecular weight is 297 g/mol. The van der Waals surface area contributed by atoms with Crippen LogP contribution in [-0.2, 0) is 9.59 Å². The van der Waals surface area contributed by atoms with Gasteiger partial charge >= 0.3 is 5.97 Å². The smallest absolute Gasteiger partial charge is 0.327 e. The molecule has 0 spiro atoms. The molecular formula is C13H15NO5S. The average Bonchev–Trinajstić information content (AvgIpc) is 2.84. The molecular weight excluding hydrogens is 282 g/mol. The summed E-state index contributed by atoms with van der Waals surface area (Å²) in [6.45, 7) is 1.33. The van der Waals surface area contributed by atoms with E-state index in [1.54, 1.807) is 12.1 Å². The number of hydrogen-bond acceptors (Lipinski definition) is 5. The van der Waals surface area contributed by atoms with E-state index >= 15 is 0 Å². The van der Waals surface area contributed by atoms with Gasteiger partial charge in [-0.05, 0) is 18.2 Å². The van der Waals surface area contributed by atoms with Crippen LogP contribution in [0.5, 0.6) is 11.5 Å². The SMILES string of the molecule is COc1ccc(O)c(C2SCC(C(=O)O)N2C(C)=O)c1. The Hall–Kier alpha value is -1.89. The van der Waals surface area contributed by atoms with Crippen LogP contribution in [0.1, 0.15) is 17.9 Å². The molecule has 1 amide bonds. The maximum Gasteiger partial charge on any atom is 0.327 e. The highest BCUT2D eigenvalue weighted by Gasteiger charge is 2.42. The summed E-state index contributed by atoms with van der Waals surface area (Å²) < 4.78 is 5.10. The Balaban J connectivity index is 2.41. The molecule has 1 aromatic rings. The monoisotopic (exact) mass is 297 g/mol. The fourth-order valence-corrected chi connectivity index (χ4v) is 3.67. The van der Waals surface area contributed by atoms with Gasteiger partial charge in [-0.25, -0.2) is 4.79 Å². The van der Waals surface area contributed by atoms with Crippen LogP contribution in [0.2, 0.25) is 0 Å². The third kappa shape index (κ3) is 2.53. The number of carbonyl (C=O) groups is 2. The number of thioether (sulfide) groups is 1. The number of hydrogen-bond donors (Lipinski definition) is 2. The second-order valence-corrected chi connectivity index (χ2v) is 5.50. The summed E-state index contributed by atoms with van der Waals surface area (Å²) in [6.07, 6.45) is 0. The number of carbonyl (C=O) groups excluding carboxylic acids is 1. The van der Waals surface area contributed by atoms with Crippen molar-refractivity contribution in [1.82, 2.24) is 4.90 Å². The van der Waals surface area contributed by atoms with Crippen LogP contribution < -0.4 is 4.74 Å². The van der Waals surface area contributed by atoms with Crippen molar-refractivity contribution < 1.29 is 24.5 Å². The van der Waals surface area contributed by atoms with Gasteiger partial charge in [0.15, 0.2) is 0 Å². The second-order valence-electron chi connectivity index (χ2n) is 4.39. The Morgan fingerprint density at radius 1 is 1.45 bits per heavy atom. The minimum absolute atomic E-state index is 0.0144. The van der Waals surface area contributed by atoms with E-state index in [0.29, 0.717) is 11.3 Å². The zero-order valence-electron chi connectivity index (χ0n) is 11.1. The number of rotatable bonds is 3. The van der Waals surface area contributed by atoms with Gasteiger partial charge in [-0.15, -0.1) is 11.8 Å². The Morgan fingerprint density at radius 3 is 2.70 bits per heavy atom. The number of aromatic hydroxyl groups is 1. The van der Waals surface area contributed by atoms with Crippen LogP contribution in [0.4, 0.5) is 0 Å². The molecule has 0 radical (unpaired) electrons. The molecule has 0 aliphatic carbocycles. The summed E-state index contributed by atoms with van der Waals surface area (Å²) in [7, 11) is 1.50. The Kier molecular flexibility index (Phi) is 4.08. The summed E-state index contributed by atoms with van der Waals surface area (Å²) in [4.78, 5) is 24.2. The van der Waals surface area contributed by atoms with E-state index < -0.39 is 17.4 Å². The molecule has 1 aliphatic rings. The largest absolute Gasteiger partial charge is 0.508 e. The first-order chi connectivity index (χ1) is 9.45. The van der Waals surface area contributed by atoms with Crippen LogP contribution in [0.15, 0.2) is 18.2 Å². The van der Waals surface area contributed by atoms with E-state index in [1.165, 1.54) is 36.8 Å². The molecule has 1 saturated heterocycles. The third-order valence-electron chi connectivity index (χ3n) is 3.15. The molecule has 1 aromatic carbocycles. The van der Waals surface area contributed by atoms with Crippen molar-refractivity contribution in [3.05, 3.63) is 23.8 Å². The summed E-state index contributed by atoms with van der Waals surface area (Å²) in [6, 6.07) is 3.81. The van der Waals surface area contributed by atoms with Gasteiger partial charge in [0, 0.05) is 18.2 Å². The lowest BCUT2D eigenvalue weighted by Crippen LogP contribution is -2.41. The number of ether oxygens (including phenoxy) is 1. The fraction of sp³-hybridized carbons (Fsp3) is 0.385. The maximum atomic E-state index is 11.7. The highest BCUT2D eigenvalue weighted by molar-refractivity contribution is 7.99. The van der Waals surface area contributed by atoms with Crippen molar-refractivity contribution in [3.8, 4) is 11.5 Å². The number of phenolic OH excluding ortho intramolecular Hbond substituents is 1. The summed E-state index contributed by atoms with van der Waals surface area (Å²) in [5, 5.41) is 18.6. The molecule has 0 saturated carbocycles. The van der Waals surface area contributed by atoms with Gasteiger partial charge in [0.2, 0.25) is 5.91 Å². The third-order valence-corrected chi connectivity index (χ3v) is 4.45. The van der Waals surface area contributed by atoms with Gasteiger partial charge in [0.25, 0.3) is 0 Å². The normalized spacial score (nSPS) is 21.8. The van der Waals surface area contributed by atoms with E-state index in [9.17, 15) is 19.8 Å². The topological polar surface area (TPSA) is 87.1 Å². The second kappa shape index (κ2) is 5.62. The molecule has 108 valence electrons. The van der Waals surface area contributed by atoms with Gasteiger partial charge in [-0.2, -0.15) is 0 Å². The van der Waals surface area contributed by atoms with Crippen LogP contribution >= 0.6 is 11.8 Å². The van der Waals surface area contributed by atoms with Crippen LogP contribution in [0, 0.1) is 0 Å². The number of carboxylic acids is 1. The van der Waals surface area contributed by atoms with Crippen LogP contribution in [-0.4, -0.2) is 45.9 Å². The van der Waals surface area contributed by atoms with Crippen molar-refractivity contribution in [2.75, 3.05) is 12.9 Å². The lowest BCUT2D eigenvalue weighted by atomic mass is 10.1. The first-order valence-electron chi connectivity index (χ1n) is 5.96. The molecule has 0 aromatic heterocycles. The zero-order chi connectivity index (χ0) is 14.9.